The van der Waals surface area contributed by atoms with Crippen molar-refractivity contribution in [1.29, 1.82) is 0 Å². The third-order valence-corrected chi connectivity index (χ3v) is 4.15. The summed E-state index contributed by atoms with van der Waals surface area (Å²) in [5.74, 6) is 0. The smallest absolute Gasteiger partial charge is 0.318 e. The normalized spacial score (nSPS) is 10.5. The summed E-state index contributed by atoms with van der Waals surface area (Å²) in [5.41, 5.74) is 2.14. The molecule has 0 aliphatic rings. The van der Waals surface area contributed by atoms with Gasteiger partial charge in [0.2, 0.25) is 0 Å². The van der Waals surface area contributed by atoms with Gasteiger partial charge in [-0.2, -0.15) is 11.3 Å². The first-order valence-corrected chi connectivity index (χ1v) is 8.28. The standard InChI is InChI=1S/C16H19ClN2O2S/c1-21-8-7-19(11-14-6-9-22-12-14)16(20)18-10-13-2-4-15(17)5-3-13/h2-6,9,12H,7-8,10-11H2,1H3,(H,18,20). The lowest BCUT2D eigenvalue weighted by molar-refractivity contribution is 0.146. The molecule has 1 aromatic carbocycles. The van der Waals surface area contributed by atoms with Crippen molar-refractivity contribution in [2.45, 2.75) is 13.1 Å². The van der Waals surface area contributed by atoms with Crippen molar-refractivity contribution >= 4 is 29.0 Å². The number of ether oxygens (including phenoxy) is 1. The van der Waals surface area contributed by atoms with Crippen LogP contribution in [0.3, 0.4) is 0 Å². The lowest BCUT2D eigenvalue weighted by Gasteiger charge is -2.22. The van der Waals surface area contributed by atoms with Gasteiger partial charge in [0, 0.05) is 31.8 Å². The van der Waals surface area contributed by atoms with E-state index < -0.39 is 0 Å². The van der Waals surface area contributed by atoms with Crippen LogP contribution in [0.25, 0.3) is 0 Å². The molecule has 0 radical (unpaired) electrons. The van der Waals surface area contributed by atoms with Gasteiger partial charge in [-0.25, -0.2) is 4.79 Å². The molecule has 2 amide bonds. The average molecular weight is 339 g/mol. The van der Waals surface area contributed by atoms with Crippen LogP contribution in [0.1, 0.15) is 11.1 Å². The molecule has 0 spiro atoms. The Morgan fingerprint density at radius 3 is 2.68 bits per heavy atom. The predicted octanol–water partition coefficient (Wildman–Crippen LogP) is 3.76. The van der Waals surface area contributed by atoms with Crippen LogP contribution >= 0.6 is 22.9 Å². The average Bonchev–Trinajstić information content (AvgIpc) is 3.03. The van der Waals surface area contributed by atoms with Crippen LogP contribution in [0.15, 0.2) is 41.1 Å². The number of hydrogen-bond donors (Lipinski definition) is 1. The zero-order chi connectivity index (χ0) is 15.8. The van der Waals surface area contributed by atoms with Crippen LogP contribution in [0, 0.1) is 0 Å². The Hall–Kier alpha value is -1.56. The highest BCUT2D eigenvalue weighted by Crippen LogP contribution is 2.11. The minimum absolute atomic E-state index is 0.0989. The maximum atomic E-state index is 12.4. The van der Waals surface area contributed by atoms with E-state index in [0.29, 0.717) is 31.3 Å². The van der Waals surface area contributed by atoms with E-state index in [1.807, 2.05) is 41.1 Å². The Balaban J connectivity index is 1.91. The van der Waals surface area contributed by atoms with Crippen molar-refractivity contribution in [2.75, 3.05) is 20.3 Å². The van der Waals surface area contributed by atoms with E-state index in [-0.39, 0.29) is 6.03 Å². The third-order valence-electron chi connectivity index (χ3n) is 3.16. The second kappa shape index (κ2) is 8.78. The molecule has 2 aromatic rings. The molecule has 0 saturated heterocycles. The highest BCUT2D eigenvalue weighted by Gasteiger charge is 2.13. The fourth-order valence-electron chi connectivity index (χ4n) is 1.95. The van der Waals surface area contributed by atoms with Gasteiger partial charge in [-0.15, -0.1) is 0 Å². The number of hydrogen-bond acceptors (Lipinski definition) is 3. The van der Waals surface area contributed by atoms with Gasteiger partial charge in [-0.1, -0.05) is 23.7 Å². The van der Waals surface area contributed by atoms with Crippen LogP contribution in [-0.4, -0.2) is 31.2 Å². The number of amides is 2. The molecule has 0 unspecified atom stereocenters. The fourth-order valence-corrected chi connectivity index (χ4v) is 2.73. The van der Waals surface area contributed by atoms with Crippen molar-refractivity contribution in [3.63, 3.8) is 0 Å². The molecule has 0 fully saturated rings. The number of thiophene rings is 1. The number of urea groups is 1. The fraction of sp³-hybridized carbons (Fsp3) is 0.312. The Morgan fingerprint density at radius 1 is 1.27 bits per heavy atom. The molecule has 0 atom stereocenters. The summed E-state index contributed by atoms with van der Waals surface area (Å²) in [7, 11) is 1.63. The molecule has 6 heteroatoms. The minimum Gasteiger partial charge on any atom is -0.383 e. The van der Waals surface area contributed by atoms with Gasteiger partial charge < -0.3 is 15.0 Å². The van der Waals surface area contributed by atoms with Gasteiger partial charge in [0.1, 0.15) is 0 Å². The Kier molecular flexibility index (Phi) is 6.71. The second-order valence-corrected chi connectivity index (χ2v) is 6.05. The van der Waals surface area contributed by atoms with Crippen LogP contribution in [0.5, 0.6) is 0 Å². The number of carbonyl (C=O) groups excluding carboxylic acids is 1. The van der Waals surface area contributed by atoms with Gasteiger partial charge in [0.05, 0.1) is 6.61 Å². The SMILES string of the molecule is COCCN(Cc1ccsc1)C(=O)NCc1ccc(Cl)cc1. The maximum Gasteiger partial charge on any atom is 0.318 e. The van der Waals surface area contributed by atoms with Crippen molar-refractivity contribution < 1.29 is 9.53 Å². The van der Waals surface area contributed by atoms with Gasteiger partial charge in [-0.3, -0.25) is 0 Å². The highest BCUT2D eigenvalue weighted by atomic mass is 35.5. The van der Waals surface area contributed by atoms with Crippen molar-refractivity contribution in [3.8, 4) is 0 Å². The summed E-state index contributed by atoms with van der Waals surface area (Å²) in [4.78, 5) is 14.1. The van der Waals surface area contributed by atoms with E-state index in [2.05, 4.69) is 5.32 Å². The summed E-state index contributed by atoms with van der Waals surface area (Å²) < 4.78 is 5.08. The molecule has 0 aliphatic carbocycles. The molecular weight excluding hydrogens is 320 g/mol. The van der Waals surface area contributed by atoms with E-state index in [4.69, 9.17) is 16.3 Å². The second-order valence-electron chi connectivity index (χ2n) is 4.83. The lowest BCUT2D eigenvalue weighted by Crippen LogP contribution is -2.40. The number of rotatable bonds is 7. The van der Waals surface area contributed by atoms with E-state index in [0.717, 1.165) is 11.1 Å². The summed E-state index contributed by atoms with van der Waals surface area (Å²) in [5, 5.41) is 7.68. The molecule has 22 heavy (non-hydrogen) atoms. The number of nitrogens with one attached hydrogen (secondary N) is 1. The van der Waals surface area contributed by atoms with Crippen LogP contribution in [-0.2, 0) is 17.8 Å². The van der Waals surface area contributed by atoms with E-state index in [1.54, 1.807) is 23.3 Å². The molecule has 1 aromatic heterocycles. The van der Waals surface area contributed by atoms with E-state index >= 15 is 0 Å². The summed E-state index contributed by atoms with van der Waals surface area (Å²) in [6, 6.07) is 9.37. The number of carbonyl (C=O) groups is 1. The molecule has 1 heterocycles. The Morgan fingerprint density at radius 2 is 2.05 bits per heavy atom. The summed E-state index contributed by atoms with van der Waals surface area (Å²) in [6.45, 7) is 2.12. The summed E-state index contributed by atoms with van der Waals surface area (Å²) in [6.07, 6.45) is 0. The maximum absolute atomic E-state index is 12.4. The first-order chi connectivity index (χ1) is 10.7. The van der Waals surface area contributed by atoms with E-state index in [1.165, 1.54) is 0 Å². The Bertz CT molecular complexity index is 572. The first kappa shape index (κ1) is 16.8. The molecule has 4 nitrogen and oxygen atoms in total. The molecule has 2 rings (SSSR count). The number of halogens is 1. The van der Waals surface area contributed by atoms with Crippen molar-refractivity contribution in [3.05, 3.63) is 57.2 Å². The molecule has 0 saturated carbocycles. The molecule has 0 bridgehead atoms. The van der Waals surface area contributed by atoms with E-state index in [9.17, 15) is 4.79 Å². The zero-order valence-corrected chi connectivity index (χ0v) is 14.0. The van der Waals surface area contributed by atoms with Crippen LogP contribution in [0.4, 0.5) is 4.79 Å². The molecule has 1 N–H and O–H groups in total. The van der Waals surface area contributed by atoms with Gasteiger partial charge >= 0.3 is 6.03 Å². The van der Waals surface area contributed by atoms with Crippen molar-refractivity contribution in [1.82, 2.24) is 10.2 Å². The van der Waals surface area contributed by atoms with Crippen molar-refractivity contribution in [2.24, 2.45) is 0 Å². The highest BCUT2D eigenvalue weighted by molar-refractivity contribution is 7.07. The quantitative estimate of drug-likeness (QED) is 0.835. The first-order valence-electron chi connectivity index (χ1n) is 6.96. The number of methoxy groups -OCH3 is 1. The Labute approximate surface area is 139 Å². The summed E-state index contributed by atoms with van der Waals surface area (Å²) >= 11 is 7.48. The largest absolute Gasteiger partial charge is 0.383 e. The van der Waals surface area contributed by atoms with Crippen LogP contribution < -0.4 is 5.32 Å². The number of benzene rings is 1. The third kappa shape index (κ3) is 5.33. The van der Waals surface area contributed by atoms with Gasteiger partial charge in [0.25, 0.3) is 0 Å². The van der Waals surface area contributed by atoms with Gasteiger partial charge in [-0.05, 0) is 40.1 Å². The molecular formula is C16H19ClN2O2S. The molecule has 118 valence electrons. The van der Waals surface area contributed by atoms with Gasteiger partial charge in [0.15, 0.2) is 0 Å². The lowest BCUT2D eigenvalue weighted by atomic mass is 10.2. The molecule has 0 aliphatic heterocycles. The monoisotopic (exact) mass is 338 g/mol. The topological polar surface area (TPSA) is 41.6 Å². The predicted molar refractivity (Wildman–Crippen MR) is 90.3 cm³/mol. The van der Waals surface area contributed by atoms with Crippen LogP contribution in [0.2, 0.25) is 5.02 Å². The zero-order valence-electron chi connectivity index (χ0n) is 12.4. The minimum atomic E-state index is -0.0989. The number of nitrogens with zero attached hydrogens (tertiary/aromatic N) is 1.